The quantitative estimate of drug-likeness (QED) is 0.592. The molecule has 0 aromatic rings. The van der Waals surface area contributed by atoms with Crippen LogP contribution < -0.4 is 16.0 Å². The topological polar surface area (TPSA) is 70.2 Å². The molecule has 1 aliphatic heterocycles. The molecular formula is C11H21N3O2. The van der Waals surface area contributed by atoms with E-state index >= 15 is 0 Å². The third-order valence-corrected chi connectivity index (χ3v) is 2.91. The molecule has 0 aromatic heterocycles. The Kier molecular flexibility index (Phi) is 4.29. The first-order valence-electron chi connectivity index (χ1n) is 5.65. The van der Waals surface area contributed by atoms with Crippen molar-refractivity contribution in [3.63, 3.8) is 0 Å². The molecule has 5 nitrogen and oxygen atoms in total. The molecule has 1 saturated heterocycles. The van der Waals surface area contributed by atoms with E-state index in [1.165, 1.54) is 0 Å². The van der Waals surface area contributed by atoms with Crippen molar-refractivity contribution in [2.75, 3.05) is 26.7 Å². The van der Waals surface area contributed by atoms with Gasteiger partial charge in [0.25, 0.3) is 0 Å². The van der Waals surface area contributed by atoms with Gasteiger partial charge in [0, 0.05) is 20.0 Å². The van der Waals surface area contributed by atoms with E-state index in [2.05, 4.69) is 16.0 Å². The van der Waals surface area contributed by atoms with Gasteiger partial charge in [-0.15, -0.1) is 0 Å². The van der Waals surface area contributed by atoms with Crippen LogP contribution in [0.3, 0.4) is 0 Å². The lowest BCUT2D eigenvalue weighted by Gasteiger charge is -2.27. The molecule has 3 N–H and O–H groups in total. The molecular weight excluding hydrogens is 206 g/mol. The highest BCUT2D eigenvalue weighted by Gasteiger charge is 2.28. The van der Waals surface area contributed by atoms with Crippen LogP contribution in [-0.2, 0) is 9.59 Å². The van der Waals surface area contributed by atoms with E-state index in [4.69, 9.17) is 0 Å². The molecule has 0 atom stereocenters. The lowest BCUT2D eigenvalue weighted by atomic mass is 9.92. The first-order valence-corrected chi connectivity index (χ1v) is 5.65. The van der Waals surface area contributed by atoms with Gasteiger partial charge in [-0.2, -0.15) is 0 Å². The van der Waals surface area contributed by atoms with Gasteiger partial charge in [0.1, 0.15) is 0 Å². The summed E-state index contributed by atoms with van der Waals surface area (Å²) in [4.78, 5) is 23.0. The van der Waals surface area contributed by atoms with Gasteiger partial charge in [0.05, 0.1) is 5.41 Å². The minimum Gasteiger partial charge on any atom is -0.359 e. The number of rotatable bonds is 5. The maximum Gasteiger partial charge on any atom is 0.227 e. The maximum atomic E-state index is 11.5. The van der Waals surface area contributed by atoms with E-state index in [-0.39, 0.29) is 11.8 Å². The highest BCUT2D eigenvalue weighted by Crippen LogP contribution is 2.14. The number of hydrogen-bond acceptors (Lipinski definition) is 3. The highest BCUT2D eigenvalue weighted by molar-refractivity contribution is 5.83. The van der Waals surface area contributed by atoms with Gasteiger partial charge in [-0.3, -0.25) is 9.59 Å². The Labute approximate surface area is 96.4 Å². The molecule has 0 bridgehead atoms. The third kappa shape index (κ3) is 3.48. The van der Waals surface area contributed by atoms with Gasteiger partial charge < -0.3 is 16.0 Å². The van der Waals surface area contributed by atoms with Gasteiger partial charge >= 0.3 is 0 Å². The van der Waals surface area contributed by atoms with Crippen molar-refractivity contribution in [3.8, 4) is 0 Å². The van der Waals surface area contributed by atoms with Gasteiger partial charge in [-0.1, -0.05) is 0 Å². The highest BCUT2D eigenvalue weighted by atomic mass is 16.2. The lowest BCUT2D eigenvalue weighted by molar-refractivity contribution is -0.129. The Hall–Kier alpha value is -1.10. The van der Waals surface area contributed by atoms with Crippen molar-refractivity contribution in [3.05, 3.63) is 0 Å². The van der Waals surface area contributed by atoms with Crippen molar-refractivity contribution in [2.24, 2.45) is 11.3 Å². The largest absolute Gasteiger partial charge is 0.359 e. The van der Waals surface area contributed by atoms with Gasteiger partial charge in [-0.05, 0) is 32.9 Å². The van der Waals surface area contributed by atoms with E-state index < -0.39 is 5.41 Å². The van der Waals surface area contributed by atoms with Gasteiger partial charge in [0.2, 0.25) is 11.8 Å². The fourth-order valence-corrected chi connectivity index (χ4v) is 1.57. The number of amides is 2. The average Bonchev–Trinajstić information content (AvgIpc) is 2.19. The van der Waals surface area contributed by atoms with Crippen LogP contribution in [0.4, 0.5) is 0 Å². The van der Waals surface area contributed by atoms with E-state index in [1.54, 1.807) is 7.05 Å². The predicted octanol–water partition coefficient (Wildman–Crippen LogP) is -0.516. The summed E-state index contributed by atoms with van der Waals surface area (Å²) in [6.07, 6.45) is 0.552. The third-order valence-electron chi connectivity index (χ3n) is 2.91. The zero-order chi connectivity index (χ0) is 12.2. The Morgan fingerprint density at radius 1 is 1.38 bits per heavy atom. The summed E-state index contributed by atoms with van der Waals surface area (Å²) in [5.41, 5.74) is -0.553. The SMILES string of the molecule is CNC(=O)C(C)(C)CNC(=O)CC1CNC1. The Balaban J connectivity index is 2.26. The van der Waals surface area contributed by atoms with Crippen LogP contribution >= 0.6 is 0 Å². The first-order chi connectivity index (χ1) is 7.45. The van der Waals surface area contributed by atoms with Crippen molar-refractivity contribution < 1.29 is 9.59 Å². The molecule has 1 rings (SSSR count). The standard InChI is InChI=1S/C11H21N3O2/c1-11(2,10(16)12-3)7-14-9(15)4-8-5-13-6-8/h8,13H,4-7H2,1-3H3,(H,12,16)(H,14,15). The van der Waals surface area contributed by atoms with Crippen molar-refractivity contribution in [1.82, 2.24) is 16.0 Å². The molecule has 0 aliphatic carbocycles. The van der Waals surface area contributed by atoms with Crippen molar-refractivity contribution in [2.45, 2.75) is 20.3 Å². The van der Waals surface area contributed by atoms with Crippen LogP contribution in [0, 0.1) is 11.3 Å². The second-order valence-electron chi connectivity index (χ2n) is 4.97. The van der Waals surface area contributed by atoms with E-state index in [0.29, 0.717) is 18.9 Å². The van der Waals surface area contributed by atoms with Crippen molar-refractivity contribution >= 4 is 11.8 Å². The average molecular weight is 227 g/mol. The Morgan fingerprint density at radius 3 is 2.44 bits per heavy atom. The molecule has 2 amide bonds. The zero-order valence-corrected chi connectivity index (χ0v) is 10.2. The summed E-state index contributed by atoms with van der Waals surface area (Å²) in [6, 6.07) is 0. The van der Waals surface area contributed by atoms with Crippen molar-refractivity contribution in [1.29, 1.82) is 0 Å². The molecule has 5 heteroatoms. The predicted molar refractivity (Wildman–Crippen MR) is 61.8 cm³/mol. The molecule has 1 aliphatic rings. The molecule has 1 fully saturated rings. The monoisotopic (exact) mass is 227 g/mol. The minimum absolute atomic E-state index is 0.0310. The first kappa shape index (κ1) is 13.0. The zero-order valence-electron chi connectivity index (χ0n) is 10.2. The molecule has 1 heterocycles. The normalized spacial score (nSPS) is 16.4. The molecule has 0 spiro atoms. The van der Waals surface area contributed by atoms with Gasteiger partial charge in [0.15, 0.2) is 0 Å². The summed E-state index contributed by atoms with van der Waals surface area (Å²) < 4.78 is 0. The number of carbonyl (C=O) groups is 2. The fourth-order valence-electron chi connectivity index (χ4n) is 1.57. The van der Waals surface area contributed by atoms with Crippen LogP contribution in [-0.4, -0.2) is 38.5 Å². The summed E-state index contributed by atoms with van der Waals surface area (Å²) in [7, 11) is 1.60. The van der Waals surface area contributed by atoms with Crippen LogP contribution in [0.1, 0.15) is 20.3 Å². The molecule has 0 aromatic carbocycles. The number of nitrogens with one attached hydrogen (secondary N) is 3. The minimum atomic E-state index is -0.553. The van der Waals surface area contributed by atoms with Crippen LogP contribution in [0.2, 0.25) is 0 Å². The second kappa shape index (κ2) is 5.30. The van der Waals surface area contributed by atoms with Crippen LogP contribution in [0.5, 0.6) is 0 Å². The van der Waals surface area contributed by atoms with E-state index in [0.717, 1.165) is 13.1 Å². The fraction of sp³-hybridized carbons (Fsp3) is 0.818. The lowest BCUT2D eigenvalue weighted by Crippen LogP contribution is -2.47. The number of carbonyl (C=O) groups excluding carboxylic acids is 2. The van der Waals surface area contributed by atoms with Crippen LogP contribution in [0.25, 0.3) is 0 Å². The molecule has 16 heavy (non-hydrogen) atoms. The van der Waals surface area contributed by atoms with Gasteiger partial charge in [-0.25, -0.2) is 0 Å². The summed E-state index contributed by atoms with van der Waals surface area (Å²) in [5, 5.41) is 8.52. The molecule has 0 unspecified atom stereocenters. The number of hydrogen-bond donors (Lipinski definition) is 3. The summed E-state index contributed by atoms with van der Waals surface area (Å²) in [5.74, 6) is 0.435. The smallest absolute Gasteiger partial charge is 0.227 e. The van der Waals surface area contributed by atoms with E-state index in [1.807, 2.05) is 13.8 Å². The molecule has 0 saturated carbocycles. The van der Waals surface area contributed by atoms with E-state index in [9.17, 15) is 9.59 Å². The molecule has 0 radical (unpaired) electrons. The van der Waals surface area contributed by atoms with Crippen LogP contribution in [0.15, 0.2) is 0 Å². The Morgan fingerprint density at radius 2 is 2.00 bits per heavy atom. The Bertz CT molecular complexity index is 272. The maximum absolute atomic E-state index is 11.5. The summed E-state index contributed by atoms with van der Waals surface area (Å²) >= 11 is 0. The second-order valence-corrected chi connectivity index (χ2v) is 4.97. The summed E-state index contributed by atoms with van der Waals surface area (Å²) in [6.45, 7) is 5.86. The molecule has 92 valence electrons.